The van der Waals surface area contributed by atoms with E-state index in [4.69, 9.17) is 4.74 Å². The zero-order valence-electron chi connectivity index (χ0n) is 13.8. The molecule has 6 nitrogen and oxygen atoms in total. The summed E-state index contributed by atoms with van der Waals surface area (Å²) in [5.41, 5.74) is -0.0412. The fourth-order valence-corrected chi connectivity index (χ4v) is 2.43. The molecule has 128 valence electrons. The van der Waals surface area contributed by atoms with Gasteiger partial charge in [-0.3, -0.25) is 4.79 Å². The number of aromatic amines is 1. The average molecular weight is 331 g/mol. The van der Waals surface area contributed by atoms with Gasteiger partial charge in [0.1, 0.15) is 5.56 Å². The van der Waals surface area contributed by atoms with Crippen molar-refractivity contribution in [3.8, 4) is 0 Å². The van der Waals surface area contributed by atoms with Crippen LogP contribution in [0.25, 0.3) is 10.9 Å². The summed E-state index contributed by atoms with van der Waals surface area (Å²) in [6.07, 6.45) is 2.00. The molecule has 24 heavy (non-hydrogen) atoms. The van der Waals surface area contributed by atoms with Gasteiger partial charge in [0.2, 0.25) is 0 Å². The topological polar surface area (TPSA) is 85.5 Å². The summed E-state index contributed by atoms with van der Waals surface area (Å²) in [6, 6.07) is 8.58. The van der Waals surface area contributed by atoms with Crippen molar-refractivity contribution in [3.05, 3.63) is 46.2 Å². The molecule has 1 aromatic heterocycles. The van der Waals surface area contributed by atoms with Crippen molar-refractivity contribution in [1.82, 2.24) is 4.98 Å². The van der Waals surface area contributed by atoms with Gasteiger partial charge in [0.15, 0.2) is 6.10 Å². The number of pyridine rings is 1. The molecule has 0 aliphatic heterocycles. The molecule has 0 radical (unpaired) electrons. The molecule has 0 aliphatic carbocycles. The minimum atomic E-state index is -1.00. The van der Waals surface area contributed by atoms with E-state index in [1.165, 1.54) is 13.2 Å². The standard InChI is InChI=1S/C18H21NO5/c1-3-4-5-10-15(18(22)23-2)24-17(21)13-11-12-8-6-7-9-14(12)19-16(13)20/h6-9,11,15H,3-5,10H2,1-2H3,(H,19,20). The lowest BCUT2D eigenvalue weighted by atomic mass is 10.1. The number of benzene rings is 1. The highest BCUT2D eigenvalue weighted by Gasteiger charge is 2.25. The number of hydrogen-bond donors (Lipinski definition) is 1. The number of ether oxygens (including phenoxy) is 2. The average Bonchev–Trinajstić information content (AvgIpc) is 2.59. The molecule has 0 amide bonds. The fourth-order valence-electron chi connectivity index (χ4n) is 2.43. The highest BCUT2D eigenvalue weighted by atomic mass is 16.6. The van der Waals surface area contributed by atoms with Gasteiger partial charge in [0, 0.05) is 5.52 Å². The molecule has 0 spiro atoms. The number of esters is 2. The molecule has 0 saturated carbocycles. The van der Waals surface area contributed by atoms with Crippen LogP contribution in [0.2, 0.25) is 0 Å². The lowest BCUT2D eigenvalue weighted by Crippen LogP contribution is -2.30. The molecular formula is C18H21NO5. The normalized spacial score (nSPS) is 11.9. The van der Waals surface area contributed by atoms with Gasteiger partial charge in [-0.2, -0.15) is 0 Å². The predicted octanol–water partition coefficient (Wildman–Crippen LogP) is 2.81. The van der Waals surface area contributed by atoms with Crippen LogP contribution in [0, 0.1) is 0 Å². The highest BCUT2D eigenvalue weighted by molar-refractivity contribution is 5.94. The Kier molecular flexibility index (Phi) is 6.12. The van der Waals surface area contributed by atoms with Crippen molar-refractivity contribution in [2.75, 3.05) is 7.11 Å². The summed E-state index contributed by atoms with van der Waals surface area (Å²) in [5, 5.41) is 0.713. The quantitative estimate of drug-likeness (QED) is 0.623. The SMILES string of the molecule is CCCCCC(OC(=O)c1cc2ccccc2[nH]c1=O)C(=O)OC. The largest absolute Gasteiger partial charge is 0.466 e. The number of carbonyl (C=O) groups is 2. The maximum absolute atomic E-state index is 12.3. The third kappa shape index (κ3) is 4.22. The summed E-state index contributed by atoms with van der Waals surface area (Å²) in [6.45, 7) is 2.04. The van der Waals surface area contributed by atoms with Gasteiger partial charge in [-0.1, -0.05) is 38.0 Å². The van der Waals surface area contributed by atoms with Crippen LogP contribution in [0.15, 0.2) is 35.1 Å². The Bertz CT molecular complexity index is 780. The van der Waals surface area contributed by atoms with Gasteiger partial charge in [-0.25, -0.2) is 9.59 Å². The van der Waals surface area contributed by atoms with Crippen LogP contribution in [0.1, 0.15) is 43.0 Å². The van der Waals surface area contributed by atoms with Crippen molar-refractivity contribution in [3.63, 3.8) is 0 Å². The summed E-state index contributed by atoms with van der Waals surface area (Å²) in [5.74, 6) is -1.44. The monoisotopic (exact) mass is 331 g/mol. The van der Waals surface area contributed by atoms with E-state index in [-0.39, 0.29) is 5.56 Å². The third-order valence-corrected chi connectivity index (χ3v) is 3.76. The highest BCUT2D eigenvalue weighted by Crippen LogP contribution is 2.14. The molecular weight excluding hydrogens is 310 g/mol. The Morgan fingerprint density at radius 3 is 2.67 bits per heavy atom. The van der Waals surface area contributed by atoms with Crippen LogP contribution in [0.4, 0.5) is 0 Å². The van der Waals surface area contributed by atoms with Gasteiger partial charge in [0.25, 0.3) is 5.56 Å². The van der Waals surface area contributed by atoms with Gasteiger partial charge < -0.3 is 14.5 Å². The third-order valence-electron chi connectivity index (χ3n) is 3.76. The van der Waals surface area contributed by atoms with Gasteiger partial charge >= 0.3 is 11.9 Å². The first-order valence-electron chi connectivity index (χ1n) is 7.97. The minimum Gasteiger partial charge on any atom is -0.466 e. The molecule has 0 aliphatic rings. The first-order chi connectivity index (χ1) is 11.6. The Morgan fingerprint density at radius 2 is 1.96 bits per heavy atom. The van der Waals surface area contributed by atoms with E-state index in [0.717, 1.165) is 19.3 Å². The van der Waals surface area contributed by atoms with Crippen molar-refractivity contribution in [2.45, 2.75) is 38.7 Å². The van der Waals surface area contributed by atoms with Crippen molar-refractivity contribution < 1.29 is 19.1 Å². The van der Waals surface area contributed by atoms with E-state index >= 15 is 0 Å². The number of carbonyl (C=O) groups excluding carboxylic acids is 2. The maximum Gasteiger partial charge on any atom is 0.347 e. The molecule has 1 N–H and O–H groups in total. The molecule has 1 aromatic carbocycles. The first-order valence-corrected chi connectivity index (χ1v) is 7.97. The van der Waals surface area contributed by atoms with Crippen molar-refractivity contribution in [1.29, 1.82) is 0 Å². The Hall–Kier alpha value is -2.63. The summed E-state index contributed by atoms with van der Waals surface area (Å²) >= 11 is 0. The second-order valence-corrected chi connectivity index (χ2v) is 5.51. The molecule has 1 unspecified atom stereocenters. The molecule has 0 bridgehead atoms. The van der Waals surface area contributed by atoms with E-state index in [0.29, 0.717) is 17.3 Å². The number of methoxy groups -OCH3 is 1. The minimum absolute atomic E-state index is 0.127. The summed E-state index contributed by atoms with van der Waals surface area (Å²) < 4.78 is 9.91. The van der Waals surface area contributed by atoms with Crippen LogP contribution >= 0.6 is 0 Å². The van der Waals surface area contributed by atoms with E-state index in [1.807, 2.05) is 6.92 Å². The van der Waals surface area contributed by atoms with Crippen molar-refractivity contribution in [2.24, 2.45) is 0 Å². The number of aromatic nitrogens is 1. The number of hydrogen-bond acceptors (Lipinski definition) is 5. The van der Waals surface area contributed by atoms with E-state index in [2.05, 4.69) is 9.72 Å². The number of H-pyrrole nitrogens is 1. The second-order valence-electron chi connectivity index (χ2n) is 5.51. The van der Waals surface area contributed by atoms with Gasteiger partial charge in [-0.15, -0.1) is 0 Å². The van der Waals surface area contributed by atoms with E-state index in [9.17, 15) is 14.4 Å². The lowest BCUT2D eigenvalue weighted by molar-refractivity contribution is -0.151. The van der Waals surface area contributed by atoms with Crippen LogP contribution in [-0.2, 0) is 14.3 Å². The summed E-state index contributed by atoms with van der Waals surface area (Å²) in [7, 11) is 1.24. The van der Waals surface area contributed by atoms with Gasteiger partial charge in [-0.05, 0) is 30.4 Å². The molecule has 2 rings (SSSR count). The summed E-state index contributed by atoms with van der Waals surface area (Å²) in [4.78, 5) is 38.8. The molecule has 6 heteroatoms. The fraction of sp³-hybridized carbons (Fsp3) is 0.389. The van der Waals surface area contributed by atoms with Crippen LogP contribution in [0.5, 0.6) is 0 Å². The number of para-hydroxylation sites is 1. The number of fused-ring (bicyclic) bond motifs is 1. The second kappa shape index (κ2) is 8.29. The van der Waals surface area contributed by atoms with E-state index in [1.54, 1.807) is 24.3 Å². The zero-order valence-corrected chi connectivity index (χ0v) is 13.8. The predicted molar refractivity (Wildman–Crippen MR) is 89.9 cm³/mol. The Labute approximate surface area is 139 Å². The zero-order chi connectivity index (χ0) is 17.5. The van der Waals surface area contributed by atoms with Crippen LogP contribution in [0.3, 0.4) is 0 Å². The van der Waals surface area contributed by atoms with Gasteiger partial charge in [0.05, 0.1) is 7.11 Å². The molecule has 0 saturated heterocycles. The van der Waals surface area contributed by atoms with Crippen LogP contribution < -0.4 is 5.56 Å². The maximum atomic E-state index is 12.3. The number of rotatable bonds is 7. The Balaban J connectivity index is 2.21. The molecule has 1 atom stereocenters. The van der Waals surface area contributed by atoms with E-state index < -0.39 is 23.6 Å². The first kappa shape index (κ1) is 17.7. The smallest absolute Gasteiger partial charge is 0.347 e. The lowest BCUT2D eigenvalue weighted by Gasteiger charge is -2.15. The van der Waals surface area contributed by atoms with Crippen LogP contribution in [-0.4, -0.2) is 30.1 Å². The number of nitrogens with one attached hydrogen (secondary N) is 1. The Morgan fingerprint density at radius 1 is 1.21 bits per heavy atom. The molecule has 1 heterocycles. The molecule has 2 aromatic rings. The molecule has 0 fully saturated rings. The number of unbranched alkanes of at least 4 members (excludes halogenated alkanes) is 2. The van der Waals surface area contributed by atoms with Crippen molar-refractivity contribution >= 4 is 22.8 Å².